The molecule has 0 spiro atoms. The second-order valence-corrected chi connectivity index (χ2v) is 3.97. The fourth-order valence-electron chi connectivity index (χ4n) is 1.45. The zero-order chi connectivity index (χ0) is 11.4. The number of aliphatic imine (C=N–C) groups is 1. The Hall–Kier alpha value is -1.60. The van der Waals surface area contributed by atoms with Crippen molar-refractivity contribution in [3.8, 4) is 0 Å². The van der Waals surface area contributed by atoms with Crippen molar-refractivity contribution >= 4 is 22.5 Å². The van der Waals surface area contributed by atoms with Crippen molar-refractivity contribution in [2.45, 2.75) is 6.92 Å². The van der Waals surface area contributed by atoms with E-state index in [0.717, 1.165) is 11.3 Å². The van der Waals surface area contributed by atoms with Crippen LogP contribution in [-0.4, -0.2) is 5.17 Å². The van der Waals surface area contributed by atoms with Gasteiger partial charge < -0.3 is 0 Å². The van der Waals surface area contributed by atoms with Crippen LogP contribution in [0.5, 0.6) is 0 Å². The van der Waals surface area contributed by atoms with Crippen molar-refractivity contribution < 1.29 is 0 Å². The third-order valence-corrected chi connectivity index (χ3v) is 2.54. The first-order valence-electron chi connectivity index (χ1n) is 5.12. The second kappa shape index (κ2) is 4.95. The maximum Gasteiger partial charge on any atom is 0.136 e. The molecular weight excluding hydrogens is 218 g/mol. The summed E-state index contributed by atoms with van der Waals surface area (Å²) in [5.74, 6) is 0. The highest BCUT2D eigenvalue weighted by Gasteiger charge is 1.98. The molecule has 2 aromatic carbocycles. The van der Waals surface area contributed by atoms with Gasteiger partial charge in [-0.05, 0) is 24.6 Å². The first kappa shape index (κ1) is 10.9. The maximum absolute atomic E-state index is 6.14. The molecule has 0 bridgehead atoms. The summed E-state index contributed by atoms with van der Waals surface area (Å²) in [7, 11) is 0. The molecule has 0 aliphatic heterocycles. The minimum Gasteiger partial charge on any atom is -0.236 e. The number of aryl methyl sites for hydroxylation is 1. The van der Waals surface area contributed by atoms with Gasteiger partial charge in [-0.15, -0.1) is 0 Å². The fraction of sp³-hybridized carbons (Fsp3) is 0.0714. The van der Waals surface area contributed by atoms with Gasteiger partial charge in [0, 0.05) is 5.56 Å². The molecule has 0 saturated carbocycles. The maximum atomic E-state index is 6.14. The number of rotatable bonds is 2. The Kier molecular flexibility index (Phi) is 3.37. The van der Waals surface area contributed by atoms with Crippen molar-refractivity contribution in [2.75, 3.05) is 0 Å². The van der Waals surface area contributed by atoms with Crippen LogP contribution in [0.2, 0.25) is 0 Å². The lowest BCUT2D eigenvalue weighted by molar-refractivity contribution is 1.43. The molecule has 80 valence electrons. The van der Waals surface area contributed by atoms with E-state index >= 15 is 0 Å². The molecule has 0 amide bonds. The van der Waals surface area contributed by atoms with E-state index in [1.165, 1.54) is 5.56 Å². The second-order valence-electron chi connectivity index (χ2n) is 3.61. The molecule has 0 aromatic heterocycles. The summed E-state index contributed by atoms with van der Waals surface area (Å²) in [5, 5.41) is 0.520. The zero-order valence-electron chi connectivity index (χ0n) is 9.02. The van der Waals surface area contributed by atoms with Gasteiger partial charge in [0.15, 0.2) is 0 Å². The zero-order valence-corrected chi connectivity index (χ0v) is 9.78. The molecule has 0 saturated heterocycles. The summed E-state index contributed by atoms with van der Waals surface area (Å²) in [6.45, 7) is 2.04. The molecule has 2 rings (SSSR count). The highest BCUT2D eigenvalue weighted by molar-refractivity contribution is 6.69. The molecule has 0 fully saturated rings. The van der Waals surface area contributed by atoms with Crippen LogP contribution < -0.4 is 0 Å². The van der Waals surface area contributed by atoms with E-state index in [2.05, 4.69) is 4.99 Å². The van der Waals surface area contributed by atoms with Gasteiger partial charge in [-0.2, -0.15) is 0 Å². The Balaban J connectivity index is 2.32. The summed E-state index contributed by atoms with van der Waals surface area (Å²) in [6, 6.07) is 17.7. The predicted octanol–water partition coefficient (Wildman–Crippen LogP) is 4.31. The van der Waals surface area contributed by atoms with E-state index in [9.17, 15) is 0 Å². The van der Waals surface area contributed by atoms with E-state index in [1.807, 2.05) is 61.5 Å². The number of hydrogen-bond donors (Lipinski definition) is 0. The van der Waals surface area contributed by atoms with Crippen LogP contribution in [0.15, 0.2) is 59.6 Å². The van der Waals surface area contributed by atoms with E-state index < -0.39 is 0 Å². The number of nitrogens with zero attached hydrogens (tertiary/aromatic N) is 1. The first-order valence-corrected chi connectivity index (χ1v) is 5.50. The Bertz CT molecular complexity index is 503. The lowest BCUT2D eigenvalue weighted by Gasteiger charge is -1.99. The summed E-state index contributed by atoms with van der Waals surface area (Å²) < 4.78 is 0. The summed E-state index contributed by atoms with van der Waals surface area (Å²) >= 11 is 6.14. The van der Waals surface area contributed by atoms with Gasteiger partial charge >= 0.3 is 0 Å². The Morgan fingerprint density at radius 3 is 2.44 bits per heavy atom. The molecule has 0 aliphatic carbocycles. The van der Waals surface area contributed by atoms with E-state index in [4.69, 9.17) is 11.6 Å². The van der Waals surface area contributed by atoms with Crippen LogP contribution in [0.1, 0.15) is 11.1 Å². The third-order valence-electron chi connectivity index (χ3n) is 2.24. The minimum atomic E-state index is 0.520. The van der Waals surface area contributed by atoms with Crippen LogP contribution in [0.25, 0.3) is 0 Å². The number of hydrogen-bond acceptors (Lipinski definition) is 1. The summed E-state index contributed by atoms with van der Waals surface area (Å²) in [5.41, 5.74) is 3.00. The van der Waals surface area contributed by atoms with Crippen LogP contribution in [-0.2, 0) is 0 Å². The normalized spacial score (nSPS) is 11.5. The Labute approximate surface area is 100 Å². The van der Waals surface area contributed by atoms with Crippen LogP contribution in [0.4, 0.5) is 5.69 Å². The quantitative estimate of drug-likeness (QED) is 0.681. The van der Waals surface area contributed by atoms with Crippen molar-refractivity contribution in [3.05, 3.63) is 65.7 Å². The predicted molar refractivity (Wildman–Crippen MR) is 69.7 cm³/mol. The average Bonchev–Trinajstić information content (AvgIpc) is 2.30. The Morgan fingerprint density at radius 2 is 1.75 bits per heavy atom. The van der Waals surface area contributed by atoms with Crippen molar-refractivity contribution in [1.29, 1.82) is 0 Å². The van der Waals surface area contributed by atoms with Gasteiger partial charge in [0.25, 0.3) is 0 Å². The topological polar surface area (TPSA) is 12.4 Å². The van der Waals surface area contributed by atoms with E-state index in [0.29, 0.717) is 5.17 Å². The van der Waals surface area contributed by atoms with Gasteiger partial charge in [-0.25, -0.2) is 4.99 Å². The third kappa shape index (κ3) is 2.71. The molecule has 1 nitrogen and oxygen atoms in total. The fourth-order valence-corrected chi connectivity index (χ4v) is 1.67. The molecule has 0 aliphatic rings. The largest absolute Gasteiger partial charge is 0.236 e. The highest BCUT2D eigenvalue weighted by Crippen LogP contribution is 2.16. The van der Waals surface area contributed by atoms with E-state index in [-0.39, 0.29) is 0 Å². The first-order chi connectivity index (χ1) is 7.75. The number of benzene rings is 2. The van der Waals surface area contributed by atoms with Gasteiger partial charge in [0.2, 0.25) is 0 Å². The van der Waals surface area contributed by atoms with Crippen molar-refractivity contribution in [3.63, 3.8) is 0 Å². The molecular formula is C14H12ClN. The molecule has 0 radical (unpaired) electrons. The summed E-state index contributed by atoms with van der Waals surface area (Å²) in [6.07, 6.45) is 0. The van der Waals surface area contributed by atoms with Crippen LogP contribution in [0, 0.1) is 6.92 Å². The summed E-state index contributed by atoms with van der Waals surface area (Å²) in [4.78, 5) is 4.37. The van der Waals surface area contributed by atoms with Gasteiger partial charge in [0.1, 0.15) is 5.17 Å². The lowest BCUT2D eigenvalue weighted by Crippen LogP contribution is -1.89. The molecule has 0 heterocycles. The standard InChI is InChI=1S/C14H12ClN/c1-11-6-5-9-13(10-11)16-14(15)12-7-3-2-4-8-12/h2-10H,1H3. The molecule has 16 heavy (non-hydrogen) atoms. The molecule has 2 aromatic rings. The smallest absolute Gasteiger partial charge is 0.136 e. The van der Waals surface area contributed by atoms with E-state index in [1.54, 1.807) is 0 Å². The van der Waals surface area contributed by atoms with Gasteiger partial charge in [0.05, 0.1) is 5.69 Å². The van der Waals surface area contributed by atoms with Crippen molar-refractivity contribution in [2.24, 2.45) is 4.99 Å². The lowest BCUT2D eigenvalue weighted by atomic mass is 10.2. The highest BCUT2D eigenvalue weighted by atomic mass is 35.5. The van der Waals surface area contributed by atoms with Crippen LogP contribution in [0.3, 0.4) is 0 Å². The van der Waals surface area contributed by atoms with Gasteiger partial charge in [-0.3, -0.25) is 0 Å². The SMILES string of the molecule is Cc1cccc(N=C(Cl)c2ccccc2)c1. The monoisotopic (exact) mass is 229 g/mol. The van der Waals surface area contributed by atoms with Gasteiger partial charge in [-0.1, -0.05) is 54.1 Å². The Morgan fingerprint density at radius 1 is 1.00 bits per heavy atom. The van der Waals surface area contributed by atoms with Crippen LogP contribution >= 0.6 is 11.6 Å². The minimum absolute atomic E-state index is 0.520. The molecule has 2 heteroatoms. The molecule has 0 N–H and O–H groups in total. The number of halogens is 1. The molecule has 0 atom stereocenters. The molecule has 0 unspecified atom stereocenters. The van der Waals surface area contributed by atoms with Crippen molar-refractivity contribution in [1.82, 2.24) is 0 Å². The average molecular weight is 230 g/mol.